The van der Waals surface area contributed by atoms with E-state index in [1.165, 1.54) is 0 Å². The van der Waals surface area contributed by atoms with E-state index in [1.807, 2.05) is 0 Å². The van der Waals surface area contributed by atoms with Crippen LogP contribution in [0.4, 0.5) is 0 Å². The number of hydrogen-bond donors (Lipinski definition) is 2. The summed E-state index contributed by atoms with van der Waals surface area (Å²) in [4.78, 5) is 12.2. The van der Waals surface area contributed by atoms with Crippen LogP contribution in [0.3, 0.4) is 0 Å². The molecule has 1 unspecified atom stereocenters. The van der Waals surface area contributed by atoms with Crippen LogP contribution in [-0.4, -0.2) is 32.2 Å². The van der Waals surface area contributed by atoms with Gasteiger partial charge < -0.3 is 15.8 Å². The number of ether oxygens (including phenoxy) is 1. The third kappa shape index (κ3) is 2.99. The van der Waals surface area contributed by atoms with E-state index in [1.54, 1.807) is 0 Å². The Labute approximate surface area is 103 Å². The summed E-state index contributed by atoms with van der Waals surface area (Å²) in [7, 11) is 0. The monoisotopic (exact) mass is 240 g/mol. The fraction of sp³-hybridized carbons (Fsp3) is 0.923. The van der Waals surface area contributed by atoms with E-state index < -0.39 is 0 Å². The van der Waals surface area contributed by atoms with Gasteiger partial charge in [0.05, 0.1) is 12.0 Å². The predicted molar refractivity (Wildman–Crippen MR) is 66.5 cm³/mol. The van der Waals surface area contributed by atoms with E-state index >= 15 is 0 Å². The van der Waals surface area contributed by atoms with Gasteiger partial charge in [-0.2, -0.15) is 0 Å². The summed E-state index contributed by atoms with van der Waals surface area (Å²) in [5.74, 6) is 0.659. The second-order valence-corrected chi connectivity index (χ2v) is 5.48. The third-order valence-corrected chi connectivity index (χ3v) is 4.24. The zero-order chi connectivity index (χ0) is 12.1. The molecule has 0 spiro atoms. The molecule has 1 heterocycles. The maximum absolute atomic E-state index is 12.2. The summed E-state index contributed by atoms with van der Waals surface area (Å²) < 4.78 is 5.42. The van der Waals surface area contributed by atoms with Gasteiger partial charge in [-0.15, -0.1) is 0 Å². The van der Waals surface area contributed by atoms with Crippen LogP contribution in [0.25, 0.3) is 0 Å². The van der Waals surface area contributed by atoms with Crippen molar-refractivity contribution in [3.63, 3.8) is 0 Å². The lowest BCUT2D eigenvalue weighted by Crippen LogP contribution is -2.46. The quantitative estimate of drug-likeness (QED) is 0.772. The minimum atomic E-state index is -0.268. The molecule has 0 radical (unpaired) electrons. The summed E-state index contributed by atoms with van der Waals surface area (Å²) in [6, 6.07) is 0. The van der Waals surface area contributed by atoms with Crippen molar-refractivity contribution in [2.45, 2.75) is 38.5 Å². The highest BCUT2D eigenvalue weighted by atomic mass is 16.5. The summed E-state index contributed by atoms with van der Waals surface area (Å²) in [6.45, 7) is 2.90. The zero-order valence-electron chi connectivity index (χ0n) is 10.5. The summed E-state index contributed by atoms with van der Waals surface area (Å²) in [6.07, 6.45) is 6.46. The van der Waals surface area contributed by atoms with Gasteiger partial charge in [-0.05, 0) is 31.6 Å². The van der Waals surface area contributed by atoms with Crippen molar-refractivity contribution in [2.75, 3.05) is 26.3 Å². The SMILES string of the molecule is NCC1(C(=O)NCC2CCCOC2)CCCC1. The molecule has 4 nitrogen and oxygen atoms in total. The van der Waals surface area contributed by atoms with Crippen molar-refractivity contribution >= 4 is 5.91 Å². The molecule has 0 aromatic carbocycles. The smallest absolute Gasteiger partial charge is 0.227 e. The van der Waals surface area contributed by atoms with Crippen LogP contribution in [0.1, 0.15) is 38.5 Å². The summed E-state index contributed by atoms with van der Waals surface area (Å²) in [5, 5.41) is 3.09. The molecule has 98 valence electrons. The molecule has 17 heavy (non-hydrogen) atoms. The highest BCUT2D eigenvalue weighted by Gasteiger charge is 2.39. The van der Waals surface area contributed by atoms with Gasteiger partial charge in [-0.1, -0.05) is 12.8 Å². The maximum Gasteiger partial charge on any atom is 0.227 e. The maximum atomic E-state index is 12.2. The van der Waals surface area contributed by atoms with Crippen molar-refractivity contribution in [3.8, 4) is 0 Å². The number of carbonyl (C=O) groups excluding carboxylic acids is 1. The number of nitrogens with two attached hydrogens (primary N) is 1. The Morgan fingerprint density at radius 2 is 2.12 bits per heavy atom. The normalized spacial score (nSPS) is 27.9. The van der Waals surface area contributed by atoms with Crippen molar-refractivity contribution in [1.29, 1.82) is 0 Å². The third-order valence-electron chi connectivity index (χ3n) is 4.24. The lowest BCUT2D eigenvalue weighted by atomic mass is 9.85. The minimum absolute atomic E-state index is 0.170. The van der Waals surface area contributed by atoms with Gasteiger partial charge in [0.25, 0.3) is 0 Å². The summed E-state index contributed by atoms with van der Waals surface area (Å²) in [5.41, 5.74) is 5.52. The van der Waals surface area contributed by atoms with E-state index in [0.717, 1.165) is 58.3 Å². The van der Waals surface area contributed by atoms with Gasteiger partial charge in [0.15, 0.2) is 0 Å². The van der Waals surface area contributed by atoms with Crippen LogP contribution >= 0.6 is 0 Å². The molecule has 1 atom stereocenters. The van der Waals surface area contributed by atoms with E-state index in [9.17, 15) is 4.79 Å². The number of carbonyl (C=O) groups is 1. The minimum Gasteiger partial charge on any atom is -0.381 e. The molecule has 1 aliphatic carbocycles. The van der Waals surface area contributed by atoms with Crippen LogP contribution < -0.4 is 11.1 Å². The van der Waals surface area contributed by atoms with Crippen LogP contribution in [-0.2, 0) is 9.53 Å². The average molecular weight is 240 g/mol. The fourth-order valence-electron chi connectivity index (χ4n) is 2.97. The molecule has 0 bridgehead atoms. The molecule has 0 aromatic heterocycles. The van der Waals surface area contributed by atoms with E-state index in [4.69, 9.17) is 10.5 Å². The zero-order valence-corrected chi connectivity index (χ0v) is 10.5. The molecule has 2 aliphatic rings. The first-order valence-corrected chi connectivity index (χ1v) is 6.83. The van der Waals surface area contributed by atoms with Crippen LogP contribution in [0.5, 0.6) is 0 Å². The Morgan fingerprint density at radius 3 is 2.71 bits per heavy atom. The Kier molecular flexibility index (Phi) is 4.40. The highest BCUT2D eigenvalue weighted by molar-refractivity contribution is 5.83. The lowest BCUT2D eigenvalue weighted by Gasteiger charge is -2.28. The molecule has 1 saturated heterocycles. The molecule has 3 N–H and O–H groups in total. The van der Waals surface area contributed by atoms with Crippen LogP contribution in [0.15, 0.2) is 0 Å². The second-order valence-electron chi connectivity index (χ2n) is 5.48. The molecule has 1 aliphatic heterocycles. The molecule has 2 fully saturated rings. The van der Waals surface area contributed by atoms with Crippen LogP contribution in [0.2, 0.25) is 0 Å². The standard InChI is InChI=1S/C13H24N2O2/c14-10-13(5-1-2-6-13)12(16)15-8-11-4-3-7-17-9-11/h11H,1-10,14H2,(H,15,16). The lowest BCUT2D eigenvalue weighted by molar-refractivity contribution is -0.130. The Bertz CT molecular complexity index is 256. The van der Waals surface area contributed by atoms with Crippen molar-refractivity contribution in [3.05, 3.63) is 0 Å². The van der Waals surface area contributed by atoms with Gasteiger partial charge >= 0.3 is 0 Å². The fourth-order valence-corrected chi connectivity index (χ4v) is 2.97. The van der Waals surface area contributed by atoms with Gasteiger partial charge in [0.2, 0.25) is 5.91 Å². The first kappa shape index (κ1) is 12.8. The van der Waals surface area contributed by atoms with Gasteiger partial charge in [-0.3, -0.25) is 4.79 Å². The number of nitrogens with one attached hydrogen (secondary N) is 1. The average Bonchev–Trinajstić information content (AvgIpc) is 2.87. The number of hydrogen-bond acceptors (Lipinski definition) is 3. The first-order valence-electron chi connectivity index (χ1n) is 6.83. The van der Waals surface area contributed by atoms with Gasteiger partial charge in [0, 0.05) is 19.7 Å². The van der Waals surface area contributed by atoms with Crippen molar-refractivity contribution in [2.24, 2.45) is 17.1 Å². The van der Waals surface area contributed by atoms with Crippen molar-refractivity contribution < 1.29 is 9.53 Å². The first-order chi connectivity index (χ1) is 8.27. The van der Waals surface area contributed by atoms with E-state index in [-0.39, 0.29) is 11.3 Å². The Hall–Kier alpha value is -0.610. The molecular formula is C13H24N2O2. The van der Waals surface area contributed by atoms with Crippen LogP contribution in [0, 0.1) is 11.3 Å². The number of amides is 1. The molecular weight excluding hydrogens is 216 g/mol. The second kappa shape index (κ2) is 5.83. The Balaban J connectivity index is 1.79. The van der Waals surface area contributed by atoms with Gasteiger partial charge in [-0.25, -0.2) is 0 Å². The van der Waals surface area contributed by atoms with E-state index in [0.29, 0.717) is 12.5 Å². The highest BCUT2D eigenvalue weighted by Crippen LogP contribution is 2.37. The largest absolute Gasteiger partial charge is 0.381 e. The molecule has 1 saturated carbocycles. The Morgan fingerprint density at radius 1 is 1.35 bits per heavy atom. The topological polar surface area (TPSA) is 64.4 Å². The predicted octanol–water partition coefficient (Wildman–Crippen LogP) is 1.05. The molecule has 2 rings (SSSR count). The van der Waals surface area contributed by atoms with Crippen molar-refractivity contribution in [1.82, 2.24) is 5.32 Å². The van der Waals surface area contributed by atoms with Gasteiger partial charge in [0.1, 0.15) is 0 Å². The molecule has 0 aromatic rings. The van der Waals surface area contributed by atoms with E-state index in [2.05, 4.69) is 5.32 Å². The molecule has 4 heteroatoms. The summed E-state index contributed by atoms with van der Waals surface area (Å²) >= 11 is 0. The molecule has 1 amide bonds. The number of rotatable bonds is 4.